The minimum absolute atomic E-state index is 0.140. The monoisotopic (exact) mass is 492 g/mol. The van der Waals surface area contributed by atoms with Gasteiger partial charge in [0.25, 0.3) is 0 Å². The Balaban J connectivity index is 1.49. The molecule has 35 heavy (non-hydrogen) atoms. The number of nitrogens with one attached hydrogen (secondary N) is 2. The van der Waals surface area contributed by atoms with Crippen LogP contribution in [0.3, 0.4) is 0 Å². The Hall–Kier alpha value is -3.15. The van der Waals surface area contributed by atoms with Crippen molar-refractivity contribution in [3.05, 3.63) is 89.4 Å². The highest BCUT2D eigenvalue weighted by atomic mass is 35.5. The number of benzene rings is 3. The van der Waals surface area contributed by atoms with Gasteiger partial charge < -0.3 is 15.4 Å². The number of aryl methyl sites for hydroxylation is 1. The van der Waals surface area contributed by atoms with Crippen molar-refractivity contribution in [2.75, 3.05) is 18.5 Å². The van der Waals surface area contributed by atoms with Crippen molar-refractivity contribution >= 4 is 29.2 Å². The second-order valence-corrected chi connectivity index (χ2v) is 8.95. The van der Waals surface area contributed by atoms with Crippen LogP contribution in [0.5, 0.6) is 0 Å². The molecule has 0 heterocycles. The summed E-state index contributed by atoms with van der Waals surface area (Å²) in [6, 6.07) is 25.3. The normalized spacial score (nSPS) is 12.5. The molecule has 3 aromatic carbocycles. The third-order valence-corrected chi connectivity index (χ3v) is 6.16. The summed E-state index contributed by atoms with van der Waals surface area (Å²) in [4.78, 5) is 25.0. The summed E-state index contributed by atoms with van der Waals surface area (Å²) in [6.07, 6.45) is 2.07. The van der Waals surface area contributed by atoms with Crippen LogP contribution in [0, 0.1) is 5.92 Å². The van der Waals surface area contributed by atoms with Crippen LogP contribution in [-0.2, 0) is 20.7 Å². The first-order valence-electron chi connectivity index (χ1n) is 12.1. The summed E-state index contributed by atoms with van der Waals surface area (Å²) in [5.41, 5.74) is 4.23. The molecule has 6 heteroatoms. The molecule has 2 atom stereocenters. The molecule has 0 aliphatic heterocycles. The first-order chi connectivity index (χ1) is 17.0. The molecule has 0 spiro atoms. The fourth-order valence-electron chi connectivity index (χ4n) is 3.83. The zero-order valence-corrected chi connectivity index (χ0v) is 21.1. The molecule has 2 N–H and O–H groups in total. The summed E-state index contributed by atoms with van der Waals surface area (Å²) in [6.45, 7) is 4.51. The molecule has 5 nitrogen and oxygen atoms in total. The molecule has 2 unspecified atom stereocenters. The van der Waals surface area contributed by atoms with Crippen LogP contribution in [0.1, 0.15) is 32.3 Å². The molecule has 0 saturated heterocycles. The van der Waals surface area contributed by atoms with Gasteiger partial charge in [-0.3, -0.25) is 9.59 Å². The maximum absolute atomic E-state index is 12.5. The van der Waals surface area contributed by atoms with Gasteiger partial charge in [-0.1, -0.05) is 66.2 Å². The molecule has 0 aliphatic carbocycles. The molecule has 3 aromatic rings. The topological polar surface area (TPSA) is 67.4 Å². The van der Waals surface area contributed by atoms with Gasteiger partial charge in [-0.25, -0.2) is 0 Å². The van der Waals surface area contributed by atoms with Gasteiger partial charge in [0.05, 0.1) is 18.6 Å². The molecule has 0 bridgehead atoms. The zero-order chi connectivity index (χ0) is 25.0. The molecular weight excluding hydrogens is 460 g/mol. The van der Waals surface area contributed by atoms with Gasteiger partial charge in [0.1, 0.15) is 0 Å². The van der Waals surface area contributed by atoms with Crippen LogP contribution in [0.25, 0.3) is 11.1 Å². The number of carbonyl (C=O) groups excluding carboxylic acids is 2. The van der Waals surface area contributed by atoms with Crippen molar-refractivity contribution in [1.29, 1.82) is 0 Å². The Morgan fingerprint density at radius 1 is 0.886 bits per heavy atom. The highest BCUT2D eigenvalue weighted by Gasteiger charge is 2.21. The fraction of sp³-hybridized carbons (Fsp3) is 0.310. The van der Waals surface area contributed by atoms with Gasteiger partial charge in [0, 0.05) is 10.7 Å². The van der Waals surface area contributed by atoms with E-state index in [0.717, 1.165) is 6.42 Å². The SMILES string of the molecule is CCOC(=O)C(CCNC(C)C(=O)Nc1ccc(Cl)cc1)CCc1ccc(-c2ccccc2)cc1. The summed E-state index contributed by atoms with van der Waals surface area (Å²) >= 11 is 5.89. The van der Waals surface area contributed by atoms with Crippen molar-refractivity contribution < 1.29 is 14.3 Å². The van der Waals surface area contributed by atoms with E-state index in [9.17, 15) is 9.59 Å². The van der Waals surface area contributed by atoms with Gasteiger partial charge in [-0.15, -0.1) is 0 Å². The quantitative estimate of drug-likeness (QED) is 0.299. The van der Waals surface area contributed by atoms with E-state index in [1.54, 1.807) is 31.2 Å². The minimum atomic E-state index is -0.404. The molecule has 0 radical (unpaired) electrons. The lowest BCUT2D eigenvalue weighted by molar-refractivity contribution is -0.148. The van der Waals surface area contributed by atoms with E-state index in [1.165, 1.54) is 16.7 Å². The predicted molar refractivity (Wildman–Crippen MR) is 142 cm³/mol. The lowest BCUT2D eigenvalue weighted by atomic mass is 9.95. The Morgan fingerprint density at radius 2 is 1.54 bits per heavy atom. The number of esters is 1. The van der Waals surface area contributed by atoms with Gasteiger partial charge in [0.2, 0.25) is 5.91 Å². The number of ether oxygens (including phenoxy) is 1. The third-order valence-electron chi connectivity index (χ3n) is 5.91. The summed E-state index contributed by atoms with van der Waals surface area (Å²) in [7, 11) is 0. The van der Waals surface area contributed by atoms with Gasteiger partial charge in [-0.05, 0) is 80.6 Å². The van der Waals surface area contributed by atoms with Crippen molar-refractivity contribution in [2.45, 2.75) is 39.2 Å². The van der Waals surface area contributed by atoms with Crippen molar-refractivity contribution in [1.82, 2.24) is 5.32 Å². The molecule has 3 rings (SSSR count). The number of carbonyl (C=O) groups is 2. The number of hydrogen-bond donors (Lipinski definition) is 2. The van der Waals surface area contributed by atoms with E-state index in [4.69, 9.17) is 16.3 Å². The molecule has 0 saturated carbocycles. The van der Waals surface area contributed by atoms with E-state index in [0.29, 0.717) is 36.7 Å². The summed E-state index contributed by atoms with van der Waals surface area (Å²) in [5, 5.41) is 6.70. The average Bonchev–Trinajstić information content (AvgIpc) is 2.88. The largest absolute Gasteiger partial charge is 0.466 e. The Labute approximate surface area is 212 Å². The lowest BCUT2D eigenvalue weighted by Crippen LogP contribution is -2.39. The molecule has 0 aromatic heterocycles. The Kier molecular flexibility index (Phi) is 10.3. The van der Waals surface area contributed by atoms with Crippen LogP contribution < -0.4 is 10.6 Å². The number of halogens is 1. The maximum atomic E-state index is 12.5. The van der Waals surface area contributed by atoms with Crippen LogP contribution in [0.4, 0.5) is 5.69 Å². The van der Waals surface area contributed by atoms with Crippen LogP contribution in [-0.4, -0.2) is 31.1 Å². The van der Waals surface area contributed by atoms with Crippen LogP contribution in [0.2, 0.25) is 5.02 Å². The van der Waals surface area contributed by atoms with Crippen molar-refractivity contribution in [3.63, 3.8) is 0 Å². The zero-order valence-electron chi connectivity index (χ0n) is 20.3. The number of hydrogen-bond acceptors (Lipinski definition) is 4. The first kappa shape index (κ1) is 26.5. The first-order valence-corrected chi connectivity index (χ1v) is 12.4. The highest BCUT2D eigenvalue weighted by molar-refractivity contribution is 6.30. The molecule has 0 aliphatic rings. The summed E-state index contributed by atoms with van der Waals surface area (Å²) < 4.78 is 5.31. The summed E-state index contributed by atoms with van der Waals surface area (Å²) in [5.74, 6) is -0.560. The number of anilines is 1. The van der Waals surface area contributed by atoms with E-state index in [1.807, 2.05) is 25.1 Å². The third kappa shape index (κ3) is 8.53. The molecule has 0 fully saturated rings. The molecule has 184 valence electrons. The van der Waals surface area contributed by atoms with E-state index >= 15 is 0 Å². The maximum Gasteiger partial charge on any atom is 0.308 e. The van der Waals surface area contributed by atoms with Crippen LogP contribution >= 0.6 is 11.6 Å². The second kappa shape index (κ2) is 13.7. The average molecular weight is 493 g/mol. The van der Waals surface area contributed by atoms with E-state index in [2.05, 4.69) is 47.0 Å². The van der Waals surface area contributed by atoms with Gasteiger partial charge in [0.15, 0.2) is 0 Å². The standard InChI is InChI=1S/C29H33ClN2O3/c1-3-35-29(34)25(14-11-22-9-12-24(13-10-22)23-7-5-4-6-8-23)19-20-31-21(2)28(33)32-27-17-15-26(30)16-18-27/h4-10,12-13,15-18,21,25,31H,3,11,14,19-20H2,1-2H3,(H,32,33). The highest BCUT2D eigenvalue weighted by Crippen LogP contribution is 2.21. The lowest BCUT2D eigenvalue weighted by Gasteiger charge is -2.18. The Bertz CT molecular complexity index is 1070. The molecule has 1 amide bonds. The predicted octanol–water partition coefficient (Wildman–Crippen LogP) is 6.13. The van der Waals surface area contributed by atoms with Crippen LogP contribution in [0.15, 0.2) is 78.9 Å². The second-order valence-electron chi connectivity index (χ2n) is 8.51. The minimum Gasteiger partial charge on any atom is -0.466 e. The molecular formula is C29H33ClN2O3. The fourth-order valence-corrected chi connectivity index (χ4v) is 3.95. The van der Waals surface area contributed by atoms with Crippen molar-refractivity contribution in [3.8, 4) is 11.1 Å². The van der Waals surface area contributed by atoms with Gasteiger partial charge in [-0.2, -0.15) is 0 Å². The van der Waals surface area contributed by atoms with Gasteiger partial charge >= 0.3 is 5.97 Å². The smallest absolute Gasteiger partial charge is 0.308 e. The van der Waals surface area contributed by atoms with E-state index in [-0.39, 0.29) is 17.8 Å². The number of rotatable bonds is 12. The van der Waals surface area contributed by atoms with E-state index < -0.39 is 6.04 Å². The Morgan fingerprint density at radius 3 is 2.20 bits per heavy atom. The number of amides is 1. The van der Waals surface area contributed by atoms with Crippen molar-refractivity contribution in [2.24, 2.45) is 5.92 Å².